The number of aliphatic imine (C=N–C) groups is 1. The van der Waals surface area contributed by atoms with Gasteiger partial charge in [-0.3, -0.25) is 4.99 Å². The van der Waals surface area contributed by atoms with Crippen molar-refractivity contribution in [3.63, 3.8) is 0 Å². The van der Waals surface area contributed by atoms with Crippen LogP contribution in [0.3, 0.4) is 0 Å². The number of benzene rings is 1. The van der Waals surface area contributed by atoms with Crippen molar-refractivity contribution in [1.29, 1.82) is 0 Å². The Bertz CT molecular complexity index is 437. The Labute approximate surface area is 115 Å². The van der Waals surface area contributed by atoms with Gasteiger partial charge in [-0.25, -0.2) is 4.39 Å². The van der Waals surface area contributed by atoms with Crippen LogP contribution in [0, 0.1) is 5.82 Å². The van der Waals surface area contributed by atoms with Gasteiger partial charge >= 0.3 is 0 Å². The average molecular weight is 265 g/mol. The number of halogens is 1. The molecule has 0 bridgehead atoms. The average Bonchev–Trinajstić information content (AvgIpc) is 2.38. The molecule has 19 heavy (non-hydrogen) atoms. The first-order valence-corrected chi connectivity index (χ1v) is 6.71. The van der Waals surface area contributed by atoms with Crippen LogP contribution in [0.25, 0.3) is 0 Å². The zero-order valence-corrected chi connectivity index (χ0v) is 12.3. The highest BCUT2D eigenvalue weighted by Gasteiger charge is 2.21. The Kier molecular flexibility index (Phi) is 5.33. The quantitative estimate of drug-likeness (QED) is 0.657. The van der Waals surface area contributed by atoms with E-state index >= 15 is 0 Å². The van der Waals surface area contributed by atoms with Crippen molar-refractivity contribution in [2.24, 2.45) is 10.7 Å². The van der Waals surface area contributed by atoms with Crippen molar-refractivity contribution in [2.75, 3.05) is 19.6 Å². The van der Waals surface area contributed by atoms with Crippen molar-refractivity contribution in [3.05, 3.63) is 35.6 Å². The van der Waals surface area contributed by atoms with E-state index in [0.29, 0.717) is 12.5 Å². The second kappa shape index (κ2) is 6.55. The molecule has 2 N–H and O–H groups in total. The summed E-state index contributed by atoms with van der Waals surface area (Å²) in [5.74, 6) is 0.334. The smallest absolute Gasteiger partial charge is 0.191 e. The van der Waals surface area contributed by atoms with Gasteiger partial charge in [0, 0.05) is 18.5 Å². The van der Waals surface area contributed by atoms with Crippen LogP contribution in [0.5, 0.6) is 0 Å². The highest BCUT2D eigenvalue weighted by Crippen LogP contribution is 2.24. The van der Waals surface area contributed by atoms with Crippen LogP contribution in [0.15, 0.2) is 29.3 Å². The Morgan fingerprint density at radius 1 is 1.32 bits per heavy atom. The minimum Gasteiger partial charge on any atom is -0.370 e. The summed E-state index contributed by atoms with van der Waals surface area (Å²) >= 11 is 0. The molecule has 1 rings (SSSR count). The van der Waals surface area contributed by atoms with Gasteiger partial charge in [-0.2, -0.15) is 0 Å². The molecule has 0 spiro atoms. The third-order valence-corrected chi connectivity index (χ3v) is 3.33. The lowest BCUT2D eigenvalue weighted by Crippen LogP contribution is -2.38. The Morgan fingerprint density at radius 3 is 2.47 bits per heavy atom. The summed E-state index contributed by atoms with van der Waals surface area (Å²) in [4.78, 5) is 6.44. The lowest BCUT2D eigenvalue weighted by Gasteiger charge is -2.25. The third-order valence-electron chi connectivity index (χ3n) is 3.33. The van der Waals surface area contributed by atoms with E-state index in [4.69, 9.17) is 5.73 Å². The second-order valence-electron chi connectivity index (χ2n) is 5.24. The molecule has 4 heteroatoms. The van der Waals surface area contributed by atoms with Gasteiger partial charge in [0.15, 0.2) is 5.96 Å². The first-order chi connectivity index (χ1) is 8.90. The Balaban J connectivity index is 2.82. The Hall–Kier alpha value is -1.58. The molecule has 0 aliphatic heterocycles. The predicted octanol–water partition coefficient (Wildman–Crippen LogP) is 2.76. The number of nitrogens with zero attached hydrogens (tertiary/aromatic N) is 2. The van der Waals surface area contributed by atoms with E-state index < -0.39 is 0 Å². The van der Waals surface area contributed by atoms with Crippen molar-refractivity contribution in [1.82, 2.24) is 4.90 Å². The van der Waals surface area contributed by atoms with Crippen molar-refractivity contribution >= 4 is 5.96 Å². The maximum atomic E-state index is 13.3. The Morgan fingerprint density at radius 2 is 1.95 bits per heavy atom. The fourth-order valence-electron chi connectivity index (χ4n) is 1.93. The number of nitrogens with two attached hydrogens (primary N) is 1. The molecule has 0 aliphatic carbocycles. The fraction of sp³-hybridized carbons (Fsp3) is 0.533. The molecule has 1 aromatic carbocycles. The second-order valence-corrected chi connectivity index (χ2v) is 5.24. The van der Waals surface area contributed by atoms with Crippen LogP contribution in [-0.4, -0.2) is 30.5 Å². The molecule has 0 unspecified atom stereocenters. The molecule has 106 valence electrons. The summed E-state index contributed by atoms with van der Waals surface area (Å²) in [5, 5.41) is 0. The number of hydrogen-bond acceptors (Lipinski definition) is 1. The van der Waals surface area contributed by atoms with E-state index in [1.54, 1.807) is 12.1 Å². The predicted molar refractivity (Wildman–Crippen MR) is 78.8 cm³/mol. The molecule has 0 radical (unpaired) electrons. The topological polar surface area (TPSA) is 41.6 Å². The van der Waals surface area contributed by atoms with E-state index in [2.05, 4.69) is 4.99 Å². The van der Waals surface area contributed by atoms with Crippen LogP contribution in [-0.2, 0) is 5.41 Å². The van der Waals surface area contributed by atoms with Gasteiger partial charge in [0.25, 0.3) is 0 Å². The highest BCUT2D eigenvalue weighted by molar-refractivity contribution is 5.78. The largest absolute Gasteiger partial charge is 0.370 e. The lowest BCUT2D eigenvalue weighted by molar-refractivity contribution is 0.451. The molecule has 0 fully saturated rings. The van der Waals surface area contributed by atoms with Crippen LogP contribution in [0.1, 0.15) is 33.3 Å². The molecule has 1 aromatic rings. The standard InChI is InChI=1S/C15H24FN3/c1-5-19(6-2)14(17)18-11-15(3,4)12-8-7-9-13(16)10-12/h7-10H,5-6,11H2,1-4H3,(H2,17,18). The minimum atomic E-state index is -0.236. The summed E-state index contributed by atoms with van der Waals surface area (Å²) in [7, 11) is 0. The summed E-state index contributed by atoms with van der Waals surface area (Å²) in [6, 6.07) is 6.66. The van der Waals surface area contributed by atoms with Crippen LogP contribution >= 0.6 is 0 Å². The normalized spacial score (nSPS) is 12.6. The maximum Gasteiger partial charge on any atom is 0.191 e. The molecular formula is C15H24FN3. The zero-order valence-electron chi connectivity index (χ0n) is 12.3. The summed E-state index contributed by atoms with van der Waals surface area (Å²) < 4.78 is 13.3. The van der Waals surface area contributed by atoms with E-state index in [9.17, 15) is 4.39 Å². The zero-order chi connectivity index (χ0) is 14.5. The third kappa shape index (κ3) is 4.23. The van der Waals surface area contributed by atoms with Crippen LogP contribution < -0.4 is 5.73 Å². The monoisotopic (exact) mass is 265 g/mol. The van der Waals surface area contributed by atoms with Crippen LogP contribution in [0.2, 0.25) is 0 Å². The highest BCUT2D eigenvalue weighted by atomic mass is 19.1. The van der Waals surface area contributed by atoms with Gasteiger partial charge in [-0.05, 0) is 31.5 Å². The molecule has 0 atom stereocenters. The number of rotatable bonds is 5. The van der Waals surface area contributed by atoms with Gasteiger partial charge in [0.05, 0.1) is 6.54 Å². The lowest BCUT2D eigenvalue weighted by atomic mass is 9.85. The maximum absolute atomic E-state index is 13.3. The van der Waals surface area contributed by atoms with Crippen molar-refractivity contribution in [2.45, 2.75) is 33.1 Å². The summed E-state index contributed by atoms with van der Waals surface area (Å²) in [6.45, 7) is 10.4. The SMILES string of the molecule is CCN(CC)C(N)=NCC(C)(C)c1cccc(F)c1. The molecule has 0 amide bonds. The van der Waals surface area contributed by atoms with Crippen molar-refractivity contribution < 1.29 is 4.39 Å². The van der Waals surface area contributed by atoms with E-state index in [-0.39, 0.29) is 11.2 Å². The molecule has 0 heterocycles. The first-order valence-electron chi connectivity index (χ1n) is 6.71. The van der Waals surface area contributed by atoms with Gasteiger partial charge in [0.1, 0.15) is 5.82 Å². The fourth-order valence-corrected chi connectivity index (χ4v) is 1.93. The van der Waals surface area contributed by atoms with Gasteiger partial charge in [0.2, 0.25) is 0 Å². The van der Waals surface area contributed by atoms with Gasteiger partial charge in [-0.15, -0.1) is 0 Å². The number of guanidine groups is 1. The molecule has 0 saturated heterocycles. The van der Waals surface area contributed by atoms with E-state index in [0.717, 1.165) is 18.7 Å². The first kappa shape index (κ1) is 15.5. The van der Waals surface area contributed by atoms with Crippen LogP contribution in [0.4, 0.5) is 4.39 Å². The van der Waals surface area contributed by atoms with Crippen molar-refractivity contribution in [3.8, 4) is 0 Å². The van der Waals surface area contributed by atoms with E-state index in [1.165, 1.54) is 6.07 Å². The molecule has 0 saturated carbocycles. The minimum absolute atomic E-state index is 0.216. The van der Waals surface area contributed by atoms with Gasteiger partial charge < -0.3 is 10.6 Å². The van der Waals surface area contributed by atoms with E-state index in [1.807, 2.05) is 38.7 Å². The van der Waals surface area contributed by atoms with Gasteiger partial charge in [-0.1, -0.05) is 26.0 Å². The summed E-state index contributed by atoms with van der Waals surface area (Å²) in [6.07, 6.45) is 0. The molecule has 3 nitrogen and oxygen atoms in total. The molecular weight excluding hydrogens is 241 g/mol. The number of hydrogen-bond donors (Lipinski definition) is 1. The molecule has 0 aliphatic rings. The summed E-state index contributed by atoms with van der Waals surface area (Å²) in [5.41, 5.74) is 6.65. The molecule has 0 aromatic heterocycles.